The lowest BCUT2D eigenvalue weighted by Crippen LogP contribution is -2.52. The van der Waals surface area contributed by atoms with Crippen LogP contribution >= 0.6 is 0 Å². The molecule has 4 nitrogen and oxygen atoms in total. The third-order valence-electron chi connectivity index (χ3n) is 2.87. The summed E-state index contributed by atoms with van der Waals surface area (Å²) in [6.45, 7) is 1.09. The van der Waals surface area contributed by atoms with Crippen LogP contribution in [0.3, 0.4) is 0 Å². The van der Waals surface area contributed by atoms with Crippen molar-refractivity contribution < 1.29 is 17.2 Å². The number of alkyl halides is 2. The van der Waals surface area contributed by atoms with Gasteiger partial charge in [0.05, 0.1) is 5.25 Å². The highest BCUT2D eigenvalue weighted by molar-refractivity contribution is 7.90. The van der Waals surface area contributed by atoms with E-state index < -0.39 is 27.2 Å². The maximum Gasteiger partial charge on any atom is 0.251 e. The van der Waals surface area contributed by atoms with E-state index in [4.69, 9.17) is 0 Å². The molecule has 0 amide bonds. The van der Waals surface area contributed by atoms with Crippen molar-refractivity contribution >= 4 is 10.0 Å². The molecular weight excluding hydrogens is 226 g/mol. The highest BCUT2D eigenvalue weighted by atomic mass is 32.2. The molecule has 2 fully saturated rings. The summed E-state index contributed by atoms with van der Waals surface area (Å²) in [7, 11) is -3.42. The average Bonchev–Trinajstić information content (AvgIpc) is 2.51. The van der Waals surface area contributed by atoms with Gasteiger partial charge in [0, 0.05) is 25.4 Å². The number of hydrogen-bond donors (Lipinski definition) is 2. The zero-order valence-electron chi connectivity index (χ0n) is 8.17. The van der Waals surface area contributed by atoms with Crippen LogP contribution in [0.25, 0.3) is 0 Å². The van der Waals surface area contributed by atoms with Gasteiger partial charge in [-0.3, -0.25) is 0 Å². The fourth-order valence-electron chi connectivity index (χ4n) is 1.97. The molecule has 1 saturated carbocycles. The Morgan fingerprint density at radius 3 is 2.47 bits per heavy atom. The summed E-state index contributed by atoms with van der Waals surface area (Å²) >= 11 is 0. The second-order valence-electron chi connectivity index (χ2n) is 4.24. The molecule has 7 heteroatoms. The minimum atomic E-state index is -3.42. The second kappa shape index (κ2) is 3.64. The van der Waals surface area contributed by atoms with Crippen molar-refractivity contribution in [2.45, 2.75) is 36.5 Å². The molecule has 1 saturated heterocycles. The molecule has 0 aromatic rings. The van der Waals surface area contributed by atoms with Crippen LogP contribution in [-0.2, 0) is 10.0 Å². The summed E-state index contributed by atoms with van der Waals surface area (Å²) in [6, 6.07) is -0.578. The van der Waals surface area contributed by atoms with E-state index in [2.05, 4.69) is 10.0 Å². The SMILES string of the molecule is O=S(=O)(NC1CC(F)(F)C1)C1CCNC1. The lowest BCUT2D eigenvalue weighted by molar-refractivity contribution is -0.0877. The molecule has 1 unspecified atom stereocenters. The molecule has 1 atom stereocenters. The van der Waals surface area contributed by atoms with Gasteiger partial charge in [0.15, 0.2) is 0 Å². The highest BCUT2D eigenvalue weighted by Crippen LogP contribution is 2.37. The maximum atomic E-state index is 12.5. The number of nitrogens with one attached hydrogen (secondary N) is 2. The zero-order chi connectivity index (χ0) is 11.1. The first-order valence-electron chi connectivity index (χ1n) is 4.99. The first-order chi connectivity index (χ1) is 6.89. The number of halogens is 2. The lowest BCUT2D eigenvalue weighted by Gasteiger charge is -2.35. The van der Waals surface area contributed by atoms with E-state index in [1.807, 2.05) is 0 Å². The lowest BCUT2D eigenvalue weighted by atomic mass is 9.89. The fraction of sp³-hybridized carbons (Fsp3) is 1.00. The summed E-state index contributed by atoms with van der Waals surface area (Å²) < 4.78 is 50.6. The monoisotopic (exact) mass is 240 g/mol. The van der Waals surface area contributed by atoms with Crippen LogP contribution in [0.4, 0.5) is 8.78 Å². The van der Waals surface area contributed by atoms with Gasteiger partial charge in [0.2, 0.25) is 10.0 Å². The maximum absolute atomic E-state index is 12.5. The Morgan fingerprint density at radius 2 is 2.00 bits per heavy atom. The molecule has 1 aliphatic heterocycles. The van der Waals surface area contributed by atoms with E-state index in [9.17, 15) is 17.2 Å². The smallest absolute Gasteiger partial charge is 0.251 e. The second-order valence-corrected chi connectivity index (χ2v) is 6.23. The van der Waals surface area contributed by atoms with E-state index in [1.165, 1.54) is 0 Å². The molecule has 2 N–H and O–H groups in total. The summed E-state index contributed by atoms with van der Waals surface area (Å²) in [4.78, 5) is 0. The van der Waals surface area contributed by atoms with Crippen LogP contribution in [0.2, 0.25) is 0 Å². The van der Waals surface area contributed by atoms with Gasteiger partial charge in [-0.2, -0.15) is 0 Å². The van der Waals surface area contributed by atoms with Crippen molar-refractivity contribution in [2.24, 2.45) is 0 Å². The molecule has 0 spiro atoms. The minimum absolute atomic E-state index is 0.369. The summed E-state index contributed by atoms with van der Waals surface area (Å²) in [5.74, 6) is -2.68. The van der Waals surface area contributed by atoms with Crippen LogP contribution in [-0.4, -0.2) is 38.7 Å². The molecule has 0 radical (unpaired) electrons. The van der Waals surface area contributed by atoms with Gasteiger partial charge in [0.1, 0.15) is 0 Å². The fourth-order valence-corrected chi connectivity index (χ4v) is 3.56. The number of hydrogen-bond acceptors (Lipinski definition) is 3. The van der Waals surface area contributed by atoms with Gasteiger partial charge in [-0.1, -0.05) is 0 Å². The van der Waals surface area contributed by atoms with Crippen LogP contribution in [0.1, 0.15) is 19.3 Å². The van der Waals surface area contributed by atoms with E-state index >= 15 is 0 Å². The summed E-state index contributed by atoms with van der Waals surface area (Å²) in [5.41, 5.74) is 0. The number of rotatable bonds is 3. The van der Waals surface area contributed by atoms with Crippen LogP contribution in [0.15, 0.2) is 0 Å². The Morgan fingerprint density at radius 1 is 1.33 bits per heavy atom. The summed E-state index contributed by atoms with van der Waals surface area (Å²) in [6.07, 6.45) is -0.183. The topological polar surface area (TPSA) is 58.2 Å². The predicted molar refractivity (Wildman–Crippen MR) is 51.3 cm³/mol. The van der Waals surface area contributed by atoms with Crippen LogP contribution in [0, 0.1) is 0 Å². The summed E-state index contributed by atoms with van der Waals surface area (Å²) in [5, 5.41) is 2.47. The molecule has 1 aliphatic carbocycles. The van der Waals surface area contributed by atoms with Gasteiger partial charge >= 0.3 is 0 Å². The van der Waals surface area contributed by atoms with E-state index in [0.717, 1.165) is 0 Å². The molecule has 1 heterocycles. The Hall–Kier alpha value is -0.270. The Bertz CT molecular complexity index is 331. The van der Waals surface area contributed by atoms with Crippen molar-refractivity contribution in [3.05, 3.63) is 0 Å². The third kappa shape index (κ3) is 2.46. The van der Waals surface area contributed by atoms with Crippen molar-refractivity contribution in [3.63, 3.8) is 0 Å². The molecule has 0 aromatic heterocycles. The Balaban J connectivity index is 1.89. The van der Waals surface area contributed by atoms with Crippen molar-refractivity contribution in [1.82, 2.24) is 10.0 Å². The van der Waals surface area contributed by atoms with E-state index in [1.54, 1.807) is 0 Å². The van der Waals surface area contributed by atoms with Gasteiger partial charge in [-0.15, -0.1) is 0 Å². The minimum Gasteiger partial charge on any atom is -0.315 e. The Labute approximate surface area is 87.5 Å². The molecule has 0 aromatic carbocycles. The first-order valence-corrected chi connectivity index (χ1v) is 6.53. The Kier molecular flexibility index (Phi) is 2.72. The van der Waals surface area contributed by atoms with Gasteiger partial charge in [0.25, 0.3) is 5.92 Å². The van der Waals surface area contributed by atoms with Gasteiger partial charge < -0.3 is 5.32 Å². The van der Waals surface area contributed by atoms with Crippen LogP contribution in [0.5, 0.6) is 0 Å². The van der Waals surface area contributed by atoms with Crippen molar-refractivity contribution in [3.8, 4) is 0 Å². The zero-order valence-corrected chi connectivity index (χ0v) is 8.99. The van der Waals surface area contributed by atoms with E-state index in [0.29, 0.717) is 19.5 Å². The average molecular weight is 240 g/mol. The van der Waals surface area contributed by atoms with Gasteiger partial charge in [-0.25, -0.2) is 21.9 Å². The van der Waals surface area contributed by atoms with Gasteiger partial charge in [-0.05, 0) is 13.0 Å². The van der Waals surface area contributed by atoms with Crippen molar-refractivity contribution in [2.75, 3.05) is 13.1 Å². The number of sulfonamides is 1. The highest BCUT2D eigenvalue weighted by Gasteiger charge is 2.47. The molecule has 15 heavy (non-hydrogen) atoms. The molecule has 2 aliphatic rings. The quantitative estimate of drug-likeness (QED) is 0.733. The first kappa shape index (κ1) is 11.2. The molecule has 2 rings (SSSR count). The predicted octanol–water partition coefficient (Wildman–Crippen LogP) is 0.0654. The molecule has 88 valence electrons. The normalized spacial score (nSPS) is 31.5. The molecular formula is C8H14F2N2O2S. The van der Waals surface area contributed by atoms with Crippen molar-refractivity contribution in [1.29, 1.82) is 0 Å². The largest absolute Gasteiger partial charge is 0.315 e. The molecule has 0 bridgehead atoms. The third-order valence-corrected chi connectivity index (χ3v) is 4.82. The van der Waals surface area contributed by atoms with Crippen LogP contribution < -0.4 is 10.0 Å². The van der Waals surface area contributed by atoms with E-state index in [-0.39, 0.29) is 12.8 Å². The standard InChI is InChI=1S/C8H14F2N2O2S/c9-8(10)3-6(4-8)12-15(13,14)7-1-2-11-5-7/h6-7,11-12H,1-5H2.